The summed E-state index contributed by atoms with van der Waals surface area (Å²) in [6.07, 6.45) is 0.293. The van der Waals surface area contributed by atoms with Crippen molar-refractivity contribution in [1.82, 2.24) is 9.62 Å². The number of carbonyl (C=O) groups excluding carboxylic acids is 1. The highest BCUT2D eigenvalue weighted by molar-refractivity contribution is 7.89. The highest BCUT2D eigenvalue weighted by Crippen LogP contribution is 2.27. The average molecular weight is 514 g/mol. The van der Waals surface area contributed by atoms with Gasteiger partial charge in [0.15, 0.2) is 6.61 Å². The molecular formula is C25H27N3O7S. The first kappa shape index (κ1) is 25.4. The number of ether oxygens (including phenoxy) is 2. The lowest BCUT2D eigenvalue weighted by atomic mass is 10.1. The molecule has 190 valence electrons. The SMILES string of the molecule is COc1ccc2ccc(S(=O)(=O)NC3CCN(Cc4cc(CN)ccc4OCC(=O)O)C3=O)cc2c1. The van der Waals surface area contributed by atoms with Crippen molar-refractivity contribution in [3.63, 3.8) is 0 Å². The molecule has 0 radical (unpaired) electrons. The van der Waals surface area contributed by atoms with E-state index in [4.69, 9.17) is 20.3 Å². The fraction of sp³-hybridized carbons (Fsp3) is 0.280. The van der Waals surface area contributed by atoms with Crippen LogP contribution in [0.4, 0.5) is 0 Å². The number of nitrogens with zero attached hydrogens (tertiary/aromatic N) is 1. The summed E-state index contributed by atoms with van der Waals surface area (Å²) in [4.78, 5) is 25.6. The Hall–Kier alpha value is -3.67. The average Bonchev–Trinajstić information content (AvgIpc) is 3.20. The van der Waals surface area contributed by atoms with E-state index in [9.17, 15) is 18.0 Å². The van der Waals surface area contributed by atoms with E-state index in [1.165, 1.54) is 18.1 Å². The van der Waals surface area contributed by atoms with E-state index in [2.05, 4.69) is 4.72 Å². The number of hydrogen-bond acceptors (Lipinski definition) is 7. The minimum Gasteiger partial charge on any atom is -0.497 e. The van der Waals surface area contributed by atoms with Gasteiger partial charge in [-0.25, -0.2) is 13.2 Å². The number of carbonyl (C=O) groups is 2. The summed E-state index contributed by atoms with van der Waals surface area (Å²) in [5, 5.41) is 10.5. The zero-order valence-electron chi connectivity index (χ0n) is 19.6. The summed E-state index contributed by atoms with van der Waals surface area (Å²) in [6, 6.07) is 14.3. The van der Waals surface area contributed by atoms with E-state index < -0.39 is 28.6 Å². The van der Waals surface area contributed by atoms with Gasteiger partial charge in [0.2, 0.25) is 15.9 Å². The predicted molar refractivity (Wildman–Crippen MR) is 132 cm³/mol. The molecule has 36 heavy (non-hydrogen) atoms. The second-order valence-electron chi connectivity index (χ2n) is 8.43. The maximum Gasteiger partial charge on any atom is 0.341 e. The van der Waals surface area contributed by atoms with Gasteiger partial charge in [0.05, 0.1) is 12.0 Å². The molecule has 4 rings (SSSR count). The van der Waals surface area contributed by atoms with Crippen molar-refractivity contribution in [3.8, 4) is 11.5 Å². The van der Waals surface area contributed by atoms with Crippen LogP contribution in [-0.2, 0) is 32.7 Å². The fourth-order valence-corrected chi connectivity index (χ4v) is 5.39. The second kappa shape index (κ2) is 10.5. The summed E-state index contributed by atoms with van der Waals surface area (Å²) >= 11 is 0. The lowest BCUT2D eigenvalue weighted by molar-refractivity contribution is -0.139. The molecule has 0 bridgehead atoms. The molecular weight excluding hydrogens is 486 g/mol. The number of aliphatic carboxylic acids is 1. The Morgan fingerprint density at radius 3 is 2.64 bits per heavy atom. The number of hydrogen-bond donors (Lipinski definition) is 3. The largest absolute Gasteiger partial charge is 0.497 e. The van der Waals surface area contributed by atoms with E-state index in [0.29, 0.717) is 35.4 Å². The summed E-state index contributed by atoms with van der Waals surface area (Å²) < 4.78 is 39.3. The number of likely N-dealkylation sites (tertiary alicyclic amines) is 1. The van der Waals surface area contributed by atoms with Crippen LogP contribution in [0.25, 0.3) is 10.8 Å². The number of fused-ring (bicyclic) bond motifs is 1. The first-order valence-electron chi connectivity index (χ1n) is 11.3. The van der Waals surface area contributed by atoms with Gasteiger partial charge in [-0.3, -0.25) is 4.79 Å². The third-order valence-corrected chi connectivity index (χ3v) is 7.47. The molecule has 1 aliphatic rings. The molecule has 0 spiro atoms. The van der Waals surface area contributed by atoms with Crippen LogP contribution in [0.15, 0.2) is 59.5 Å². The summed E-state index contributed by atoms with van der Waals surface area (Å²) in [7, 11) is -2.43. The van der Waals surface area contributed by atoms with Gasteiger partial charge in [-0.05, 0) is 59.2 Å². The second-order valence-corrected chi connectivity index (χ2v) is 10.1. The quantitative estimate of drug-likeness (QED) is 0.372. The Morgan fingerprint density at radius 2 is 1.92 bits per heavy atom. The van der Waals surface area contributed by atoms with E-state index in [1.54, 1.807) is 42.5 Å². The lowest BCUT2D eigenvalue weighted by Crippen LogP contribution is -2.41. The number of rotatable bonds is 10. The topological polar surface area (TPSA) is 148 Å². The van der Waals surface area contributed by atoms with Gasteiger partial charge in [-0.2, -0.15) is 4.72 Å². The van der Waals surface area contributed by atoms with Crippen LogP contribution < -0.4 is 19.9 Å². The van der Waals surface area contributed by atoms with Gasteiger partial charge >= 0.3 is 5.97 Å². The third-order valence-electron chi connectivity index (χ3n) is 6.00. The highest BCUT2D eigenvalue weighted by atomic mass is 32.2. The molecule has 11 heteroatoms. The van der Waals surface area contributed by atoms with Crippen LogP contribution in [0.2, 0.25) is 0 Å². The minimum absolute atomic E-state index is 0.0505. The standard InChI is InChI=1S/C25H27N3O7S/c1-34-20-5-3-17-4-6-21(12-18(17)11-20)36(32,33)27-22-8-9-28(25(22)31)14-19-10-16(13-26)2-7-23(19)35-15-24(29)30/h2-7,10-12,22,27H,8-9,13-15,26H2,1H3,(H,29,30). The summed E-state index contributed by atoms with van der Waals surface area (Å²) in [6.45, 7) is 0.199. The zero-order valence-corrected chi connectivity index (χ0v) is 20.5. The van der Waals surface area contributed by atoms with E-state index in [1.807, 2.05) is 6.07 Å². The van der Waals surface area contributed by atoms with Crippen molar-refractivity contribution in [3.05, 3.63) is 65.7 Å². The smallest absolute Gasteiger partial charge is 0.341 e. The van der Waals surface area contributed by atoms with E-state index in [0.717, 1.165) is 10.9 Å². The fourth-order valence-electron chi connectivity index (χ4n) is 4.13. The molecule has 0 saturated carbocycles. The molecule has 1 heterocycles. The number of carboxylic acids is 1. The number of benzene rings is 3. The monoisotopic (exact) mass is 513 g/mol. The van der Waals surface area contributed by atoms with Gasteiger partial charge in [0.1, 0.15) is 17.5 Å². The Morgan fingerprint density at radius 1 is 1.14 bits per heavy atom. The van der Waals surface area contributed by atoms with Crippen molar-refractivity contribution in [1.29, 1.82) is 0 Å². The van der Waals surface area contributed by atoms with Gasteiger partial charge in [0.25, 0.3) is 0 Å². The molecule has 3 aromatic carbocycles. The molecule has 1 saturated heterocycles. The zero-order chi connectivity index (χ0) is 25.9. The summed E-state index contributed by atoms with van der Waals surface area (Å²) in [5.41, 5.74) is 7.12. The van der Waals surface area contributed by atoms with Crippen LogP contribution in [-0.4, -0.2) is 56.6 Å². The Bertz CT molecular complexity index is 1410. The van der Waals surface area contributed by atoms with Crippen LogP contribution in [0.1, 0.15) is 17.5 Å². The van der Waals surface area contributed by atoms with Crippen molar-refractivity contribution < 1.29 is 32.6 Å². The molecule has 10 nitrogen and oxygen atoms in total. The molecule has 1 amide bonds. The van der Waals surface area contributed by atoms with Gasteiger partial charge < -0.3 is 25.2 Å². The Kier molecular flexibility index (Phi) is 7.43. The first-order chi connectivity index (χ1) is 17.2. The molecule has 0 aliphatic carbocycles. The number of carboxylic acid groups (broad SMARTS) is 1. The van der Waals surface area contributed by atoms with Crippen LogP contribution >= 0.6 is 0 Å². The van der Waals surface area contributed by atoms with Crippen LogP contribution in [0, 0.1) is 0 Å². The molecule has 1 aliphatic heterocycles. The number of sulfonamides is 1. The maximum atomic E-state index is 13.1. The maximum absolute atomic E-state index is 13.1. The van der Waals surface area contributed by atoms with Crippen LogP contribution in [0.3, 0.4) is 0 Å². The van der Waals surface area contributed by atoms with E-state index in [-0.39, 0.29) is 23.9 Å². The van der Waals surface area contributed by atoms with Crippen molar-refractivity contribution in [2.45, 2.75) is 30.4 Å². The van der Waals surface area contributed by atoms with Gasteiger partial charge in [-0.15, -0.1) is 0 Å². The number of amides is 1. The number of methoxy groups -OCH3 is 1. The lowest BCUT2D eigenvalue weighted by Gasteiger charge is -2.20. The third kappa shape index (κ3) is 5.59. The molecule has 4 N–H and O–H groups in total. The Labute approximate surface area is 208 Å². The molecule has 1 atom stereocenters. The molecule has 3 aromatic rings. The molecule has 1 unspecified atom stereocenters. The first-order valence-corrected chi connectivity index (χ1v) is 12.7. The normalized spacial score (nSPS) is 15.9. The number of nitrogens with one attached hydrogen (secondary N) is 1. The summed E-state index contributed by atoms with van der Waals surface area (Å²) in [5.74, 6) is -0.555. The van der Waals surface area contributed by atoms with E-state index >= 15 is 0 Å². The van der Waals surface area contributed by atoms with Crippen molar-refractivity contribution in [2.24, 2.45) is 5.73 Å². The van der Waals surface area contributed by atoms with Crippen molar-refractivity contribution >= 4 is 32.7 Å². The van der Waals surface area contributed by atoms with Gasteiger partial charge in [-0.1, -0.05) is 18.2 Å². The number of nitrogens with two attached hydrogens (primary N) is 1. The van der Waals surface area contributed by atoms with Crippen molar-refractivity contribution in [2.75, 3.05) is 20.3 Å². The molecule has 1 fully saturated rings. The van der Waals surface area contributed by atoms with Crippen LogP contribution in [0.5, 0.6) is 11.5 Å². The highest BCUT2D eigenvalue weighted by Gasteiger charge is 2.35. The predicted octanol–water partition coefficient (Wildman–Crippen LogP) is 1.85. The minimum atomic E-state index is -3.97. The molecule has 0 aromatic heterocycles. The van der Waals surface area contributed by atoms with Gasteiger partial charge in [0, 0.05) is 25.2 Å². The Balaban J connectivity index is 1.50.